The summed E-state index contributed by atoms with van der Waals surface area (Å²) in [5.74, 6) is -5.55. The van der Waals surface area contributed by atoms with Crippen molar-refractivity contribution in [3.8, 4) is 0 Å². The first-order chi connectivity index (χ1) is 13.9. The molecule has 3 amide bonds. The molecule has 2 fully saturated rings. The van der Waals surface area contributed by atoms with Crippen molar-refractivity contribution in [2.24, 2.45) is 5.14 Å². The molecule has 30 heavy (non-hydrogen) atoms. The maximum atomic E-state index is 13.8. The van der Waals surface area contributed by atoms with E-state index < -0.39 is 63.1 Å². The van der Waals surface area contributed by atoms with Crippen LogP contribution in [0.3, 0.4) is 0 Å². The van der Waals surface area contributed by atoms with E-state index in [0.29, 0.717) is 22.2 Å². The van der Waals surface area contributed by atoms with E-state index >= 15 is 0 Å². The third-order valence-corrected chi connectivity index (χ3v) is 6.59. The van der Waals surface area contributed by atoms with Gasteiger partial charge < -0.3 is 5.32 Å². The second kappa shape index (κ2) is 8.04. The Morgan fingerprint density at radius 3 is 2.43 bits per heavy atom. The highest BCUT2D eigenvalue weighted by Gasteiger charge is 2.41. The SMILES string of the molecule is NS(=O)(=O)c1ccc(NC(=O)CN2C(=O)SC(=C3CCC(F)(F)CC3)C2=O)cc1F. The van der Waals surface area contributed by atoms with Crippen LogP contribution >= 0.6 is 11.8 Å². The molecule has 1 aromatic carbocycles. The molecule has 0 bridgehead atoms. The Labute approximate surface area is 173 Å². The second-order valence-corrected chi connectivity index (χ2v) is 9.28. The Kier molecular flexibility index (Phi) is 5.98. The molecule has 2 aliphatic rings. The lowest BCUT2D eigenvalue weighted by molar-refractivity contribution is -0.127. The molecule has 0 radical (unpaired) electrons. The van der Waals surface area contributed by atoms with E-state index in [1.165, 1.54) is 0 Å². The summed E-state index contributed by atoms with van der Waals surface area (Å²) in [7, 11) is -4.28. The summed E-state index contributed by atoms with van der Waals surface area (Å²) >= 11 is 0.595. The van der Waals surface area contributed by atoms with Gasteiger partial charge in [-0.05, 0) is 42.8 Å². The first kappa shape index (κ1) is 22.3. The Hall–Kier alpha value is -2.38. The minimum Gasteiger partial charge on any atom is -0.324 e. The molecule has 3 N–H and O–H groups in total. The van der Waals surface area contributed by atoms with Crippen molar-refractivity contribution in [1.82, 2.24) is 4.90 Å². The fourth-order valence-electron chi connectivity index (χ4n) is 3.05. The Morgan fingerprint density at radius 2 is 1.87 bits per heavy atom. The summed E-state index contributed by atoms with van der Waals surface area (Å²) in [6.45, 7) is -0.670. The monoisotopic (exact) mass is 463 g/mol. The average molecular weight is 463 g/mol. The molecular formula is C17H16F3N3O5S2. The molecule has 162 valence electrons. The molecule has 0 atom stereocenters. The van der Waals surface area contributed by atoms with Crippen LogP contribution in [0.5, 0.6) is 0 Å². The topological polar surface area (TPSA) is 127 Å². The van der Waals surface area contributed by atoms with Crippen molar-refractivity contribution >= 4 is 44.5 Å². The predicted molar refractivity (Wildman–Crippen MR) is 102 cm³/mol. The number of rotatable bonds is 4. The summed E-state index contributed by atoms with van der Waals surface area (Å²) in [6, 6.07) is 2.69. The summed E-state index contributed by atoms with van der Waals surface area (Å²) in [5.41, 5.74) is 0.359. The molecule has 1 saturated heterocycles. The van der Waals surface area contributed by atoms with Gasteiger partial charge in [-0.25, -0.2) is 26.7 Å². The van der Waals surface area contributed by atoms with Crippen LogP contribution in [-0.2, 0) is 19.6 Å². The first-order valence-corrected chi connectivity index (χ1v) is 11.0. The highest BCUT2D eigenvalue weighted by Crippen LogP contribution is 2.42. The van der Waals surface area contributed by atoms with Crippen LogP contribution in [-0.4, -0.2) is 42.8 Å². The van der Waals surface area contributed by atoms with Crippen molar-refractivity contribution in [3.05, 3.63) is 34.5 Å². The van der Waals surface area contributed by atoms with Gasteiger partial charge in [0.2, 0.25) is 21.9 Å². The lowest BCUT2D eigenvalue weighted by Gasteiger charge is -2.24. The normalized spacial score (nSPS) is 19.4. The number of primary sulfonamides is 1. The van der Waals surface area contributed by atoms with Crippen LogP contribution in [0.2, 0.25) is 0 Å². The van der Waals surface area contributed by atoms with E-state index in [2.05, 4.69) is 5.32 Å². The van der Waals surface area contributed by atoms with E-state index in [1.807, 2.05) is 0 Å². The van der Waals surface area contributed by atoms with Gasteiger partial charge in [-0.15, -0.1) is 0 Å². The number of thioether (sulfide) groups is 1. The number of carbonyl (C=O) groups is 3. The summed E-state index contributed by atoms with van der Waals surface area (Å²) in [4.78, 5) is 36.8. The highest BCUT2D eigenvalue weighted by molar-refractivity contribution is 8.18. The summed E-state index contributed by atoms with van der Waals surface area (Å²) < 4.78 is 62.9. The molecule has 1 aliphatic heterocycles. The number of carbonyl (C=O) groups excluding carboxylic acids is 3. The molecule has 1 heterocycles. The fraction of sp³-hybridized carbons (Fsp3) is 0.353. The van der Waals surface area contributed by atoms with Crippen molar-refractivity contribution < 1.29 is 36.0 Å². The summed E-state index contributed by atoms with van der Waals surface area (Å²) in [6.07, 6.45) is -0.836. The van der Waals surface area contributed by atoms with Crippen LogP contribution in [0.1, 0.15) is 25.7 Å². The number of imide groups is 1. The number of allylic oxidation sites excluding steroid dienone is 1. The zero-order valence-corrected chi connectivity index (χ0v) is 16.9. The number of nitrogens with two attached hydrogens (primary N) is 1. The van der Waals surface area contributed by atoms with Gasteiger partial charge in [0.05, 0.1) is 4.91 Å². The lowest BCUT2D eigenvalue weighted by Crippen LogP contribution is -2.36. The van der Waals surface area contributed by atoms with E-state index in [9.17, 15) is 36.0 Å². The van der Waals surface area contributed by atoms with Gasteiger partial charge in [0.1, 0.15) is 17.3 Å². The molecule has 0 unspecified atom stereocenters. The zero-order chi connectivity index (χ0) is 22.3. The maximum Gasteiger partial charge on any atom is 0.294 e. The molecule has 1 aromatic rings. The Balaban J connectivity index is 1.68. The third-order valence-electron chi connectivity index (χ3n) is 4.58. The van der Waals surface area contributed by atoms with Crippen LogP contribution < -0.4 is 10.5 Å². The van der Waals surface area contributed by atoms with Crippen molar-refractivity contribution in [2.75, 3.05) is 11.9 Å². The second-order valence-electron chi connectivity index (χ2n) is 6.79. The van der Waals surface area contributed by atoms with Crippen LogP contribution in [0.15, 0.2) is 33.6 Å². The smallest absolute Gasteiger partial charge is 0.294 e. The van der Waals surface area contributed by atoms with Gasteiger partial charge in [0.25, 0.3) is 11.1 Å². The number of halogens is 3. The van der Waals surface area contributed by atoms with Gasteiger partial charge in [-0.1, -0.05) is 5.57 Å². The molecule has 13 heteroatoms. The number of nitrogens with zero attached hydrogens (tertiary/aromatic N) is 1. The number of benzene rings is 1. The molecule has 0 spiro atoms. The van der Waals surface area contributed by atoms with Crippen LogP contribution in [0.4, 0.5) is 23.7 Å². The number of hydrogen-bond acceptors (Lipinski definition) is 6. The standard InChI is InChI=1S/C17H16F3N3O5S2/c18-11-7-10(1-2-12(11)30(21,27)28)22-13(24)8-23-15(25)14(29-16(23)26)9-3-5-17(19,20)6-4-9/h1-2,7H,3-6,8H2,(H,22,24)(H2,21,27,28). The van der Waals surface area contributed by atoms with Crippen molar-refractivity contribution in [2.45, 2.75) is 36.5 Å². The van der Waals surface area contributed by atoms with E-state index in [-0.39, 0.29) is 23.4 Å². The Bertz CT molecular complexity index is 1060. The predicted octanol–water partition coefficient (Wildman–Crippen LogP) is 2.57. The number of sulfonamides is 1. The quantitative estimate of drug-likeness (QED) is 0.661. The zero-order valence-electron chi connectivity index (χ0n) is 15.3. The highest BCUT2D eigenvalue weighted by atomic mass is 32.2. The number of anilines is 1. The third kappa shape index (κ3) is 4.84. The van der Waals surface area contributed by atoms with E-state index in [4.69, 9.17) is 5.14 Å². The lowest BCUT2D eigenvalue weighted by atomic mass is 9.91. The number of nitrogens with one attached hydrogen (secondary N) is 1. The maximum absolute atomic E-state index is 13.8. The van der Waals surface area contributed by atoms with Gasteiger partial charge in [-0.3, -0.25) is 19.3 Å². The first-order valence-electron chi connectivity index (χ1n) is 8.63. The van der Waals surface area contributed by atoms with Crippen LogP contribution in [0, 0.1) is 5.82 Å². The van der Waals surface area contributed by atoms with Gasteiger partial charge >= 0.3 is 0 Å². The van der Waals surface area contributed by atoms with Gasteiger partial charge in [-0.2, -0.15) is 0 Å². The molecule has 0 aromatic heterocycles. The molecular weight excluding hydrogens is 447 g/mol. The van der Waals surface area contributed by atoms with Crippen molar-refractivity contribution in [3.63, 3.8) is 0 Å². The number of amides is 3. The van der Waals surface area contributed by atoms with Crippen molar-refractivity contribution in [1.29, 1.82) is 0 Å². The van der Waals surface area contributed by atoms with Crippen LogP contribution in [0.25, 0.3) is 0 Å². The number of alkyl halides is 2. The van der Waals surface area contributed by atoms with E-state index in [1.54, 1.807) is 0 Å². The largest absolute Gasteiger partial charge is 0.324 e. The summed E-state index contributed by atoms with van der Waals surface area (Å²) in [5, 5.41) is 6.39. The molecule has 8 nitrogen and oxygen atoms in total. The average Bonchev–Trinajstić information content (AvgIpc) is 2.89. The molecule has 1 aliphatic carbocycles. The van der Waals surface area contributed by atoms with E-state index in [0.717, 1.165) is 18.2 Å². The molecule has 1 saturated carbocycles. The minimum atomic E-state index is -4.28. The molecule has 3 rings (SSSR count). The van der Waals surface area contributed by atoms with Gasteiger partial charge in [0.15, 0.2) is 0 Å². The fourth-order valence-corrected chi connectivity index (χ4v) is 4.62. The minimum absolute atomic E-state index is 0.00986. The van der Waals surface area contributed by atoms with Gasteiger partial charge in [0, 0.05) is 18.5 Å². The Morgan fingerprint density at radius 1 is 1.23 bits per heavy atom. The number of hydrogen-bond donors (Lipinski definition) is 2.